The van der Waals surface area contributed by atoms with E-state index >= 15 is 0 Å². The van der Waals surface area contributed by atoms with Gasteiger partial charge in [-0.2, -0.15) is 0 Å². The molecule has 0 atom stereocenters. The summed E-state index contributed by atoms with van der Waals surface area (Å²) in [4.78, 5) is 11.5. The Balaban J connectivity index is 1.51. The second-order valence-electron chi connectivity index (χ2n) is 5.09. The van der Waals surface area contributed by atoms with Crippen LogP contribution >= 0.6 is 0 Å². The van der Waals surface area contributed by atoms with Crippen molar-refractivity contribution < 1.29 is 9.53 Å². The molecule has 0 spiro atoms. The number of rotatable bonds is 8. The van der Waals surface area contributed by atoms with Crippen LogP contribution in [0, 0.1) is 12.8 Å². The van der Waals surface area contributed by atoms with Gasteiger partial charge in [0.05, 0.1) is 13.1 Å². The van der Waals surface area contributed by atoms with Crippen LogP contribution in [0.5, 0.6) is 5.75 Å². The minimum atomic E-state index is 0.0356. The van der Waals surface area contributed by atoms with E-state index in [4.69, 9.17) is 4.74 Å². The minimum Gasteiger partial charge on any atom is -0.492 e. The standard InChI is InChI=1S/C15H22N2O2/c1-12-3-2-4-14(9-12)19-8-7-17-15(18)11-16-10-13-5-6-13/h2-4,9,13,16H,5-8,10-11H2,1H3,(H,17,18). The molecule has 0 aromatic heterocycles. The number of nitrogens with one attached hydrogen (secondary N) is 2. The smallest absolute Gasteiger partial charge is 0.234 e. The molecule has 19 heavy (non-hydrogen) atoms. The molecule has 4 heteroatoms. The van der Waals surface area contributed by atoms with Crippen LogP contribution in [0.2, 0.25) is 0 Å². The summed E-state index contributed by atoms with van der Waals surface area (Å²) in [7, 11) is 0. The zero-order chi connectivity index (χ0) is 13.5. The summed E-state index contributed by atoms with van der Waals surface area (Å²) in [5, 5.41) is 6.00. The van der Waals surface area contributed by atoms with Gasteiger partial charge in [0.2, 0.25) is 5.91 Å². The third-order valence-electron chi connectivity index (χ3n) is 3.10. The fourth-order valence-electron chi connectivity index (χ4n) is 1.84. The van der Waals surface area contributed by atoms with Crippen molar-refractivity contribution >= 4 is 5.91 Å². The summed E-state index contributed by atoms with van der Waals surface area (Å²) in [6.07, 6.45) is 2.61. The number of benzene rings is 1. The molecule has 1 aliphatic carbocycles. The molecule has 0 radical (unpaired) electrons. The average Bonchev–Trinajstić information content (AvgIpc) is 3.19. The minimum absolute atomic E-state index is 0.0356. The SMILES string of the molecule is Cc1cccc(OCCNC(=O)CNCC2CC2)c1. The van der Waals surface area contributed by atoms with Crippen LogP contribution in [0.4, 0.5) is 0 Å². The molecule has 0 saturated heterocycles. The van der Waals surface area contributed by atoms with Crippen LogP contribution in [0.3, 0.4) is 0 Å². The Morgan fingerprint density at radius 2 is 2.26 bits per heavy atom. The first-order valence-electron chi connectivity index (χ1n) is 6.91. The van der Waals surface area contributed by atoms with Crippen molar-refractivity contribution in [1.82, 2.24) is 10.6 Å². The lowest BCUT2D eigenvalue weighted by Gasteiger charge is -2.08. The van der Waals surface area contributed by atoms with E-state index in [0.29, 0.717) is 19.7 Å². The molecular formula is C15H22N2O2. The Bertz CT molecular complexity index is 416. The van der Waals surface area contributed by atoms with Crippen LogP contribution < -0.4 is 15.4 Å². The largest absolute Gasteiger partial charge is 0.492 e. The van der Waals surface area contributed by atoms with Crippen LogP contribution in [0.1, 0.15) is 18.4 Å². The Kier molecular flexibility index (Phi) is 5.21. The van der Waals surface area contributed by atoms with Gasteiger partial charge in [-0.05, 0) is 49.9 Å². The molecular weight excluding hydrogens is 240 g/mol. The van der Waals surface area contributed by atoms with E-state index in [9.17, 15) is 4.79 Å². The molecule has 1 aliphatic rings. The summed E-state index contributed by atoms with van der Waals surface area (Å²) >= 11 is 0. The van der Waals surface area contributed by atoms with Gasteiger partial charge in [-0.1, -0.05) is 12.1 Å². The van der Waals surface area contributed by atoms with Crippen LogP contribution in [0.15, 0.2) is 24.3 Å². The highest BCUT2D eigenvalue weighted by Crippen LogP contribution is 2.27. The molecule has 1 aromatic carbocycles. The Labute approximate surface area is 114 Å². The second kappa shape index (κ2) is 7.14. The van der Waals surface area contributed by atoms with Gasteiger partial charge < -0.3 is 15.4 Å². The number of carbonyl (C=O) groups is 1. The maximum absolute atomic E-state index is 11.5. The Morgan fingerprint density at radius 3 is 3.00 bits per heavy atom. The Hall–Kier alpha value is -1.55. The first-order valence-corrected chi connectivity index (χ1v) is 6.91. The van der Waals surface area contributed by atoms with Gasteiger partial charge in [-0.25, -0.2) is 0 Å². The number of hydrogen-bond acceptors (Lipinski definition) is 3. The zero-order valence-corrected chi connectivity index (χ0v) is 11.4. The van der Waals surface area contributed by atoms with E-state index in [2.05, 4.69) is 10.6 Å². The van der Waals surface area contributed by atoms with Gasteiger partial charge in [0.1, 0.15) is 12.4 Å². The molecule has 2 rings (SSSR count). The van der Waals surface area contributed by atoms with E-state index in [1.54, 1.807) is 0 Å². The van der Waals surface area contributed by atoms with Gasteiger partial charge in [0.25, 0.3) is 0 Å². The molecule has 1 amide bonds. The molecule has 4 nitrogen and oxygen atoms in total. The highest BCUT2D eigenvalue weighted by atomic mass is 16.5. The van der Waals surface area contributed by atoms with Crippen molar-refractivity contribution in [3.8, 4) is 5.75 Å². The van der Waals surface area contributed by atoms with Crippen molar-refractivity contribution in [1.29, 1.82) is 0 Å². The van der Waals surface area contributed by atoms with Gasteiger partial charge in [-0.3, -0.25) is 4.79 Å². The van der Waals surface area contributed by atoms with E-state index in [0.717, 1.165) is 18.2 Å². The molecule has 0 unspecified atom stereocenters. The number of aryl methyl sites for hydroxylation is 1. The number of carbonyl (C=O) groups excluding carboxylic acids is 1. The van der Waals surface area contributed by atoms with Gasteiger partial charge in [-0.15, -0.1) is 0 Å². The number of ether oxygens (including phenoxy) is 1. The number of amides is 1. The quantitative estimate of drug-likeness (QED) is 0.698. The summed E-state index contributed by atoms with van der Waals surface area (Å²) in [6, 6.07) is 7.90. The van der Waals surface area contributed by atoms with Gasteiger partial charge in [0.15, 0.2) is 0 Å². The van der Waals surface area contributed by atoms with Crippen molar-refractivity contribution in [3.05, 3.63) is 29.8 Å². The fraction of sp³-hybridized carbons (Fsp3) is 0.533. The number of hydrogen-bond donors (Lipinski definition) is 2. The summed E-state index contributed by atoms with van der Waals surface area (Å²) in [5.74, 6) is 1.69. The monoisotopic (exact) mass is 262 g/mol. The molecule has 0 heterocycles. The predicted molar refractivity (Wildman–Crippen MR) is 75.3 cm³/mol. The molecule has 1 aromatic rings. The lowest BCUT2D eigenvalue weighted by Crippen LogP contribution is -2.36. The topological polar surface area (TPSA) is 50.4 Å². The first-order chi connectivity index (χ1) is 9.24. The van der Waals surface area contributed by atoms with Crippen molar-refractivity contribution in [2.24, 2.45) is 5.92 Å². The van der Waals surface area contributed by atoms with Gasteiger partial charge in [0, 0.05) is 0 Å². The molecule has 104 valence electrons. The second-order valence-corrected chi connectivity index (χ2v) is 5.09. The van der Waals surface area contributed by atoms with Crippen LogP contribution in [-0.2, 0) is 4.79 Å². The summed E-state index contributed by atoms with van der Waals surface area (Å²) < 4.78 is 5.55. The van der Waals surface area contributed by atoms with E-state index in [-0.39, 0.29) is 5.91 Å². The molecule has 1 saturated carbocycles. The van der Waals surface area contributed by atoms with E-state index in [1.165, 1.54) is 18.4 Å². The normalized spacial score (nSPS) is 14.2. The van der Waals surface area contributed by atoms with Crippen molar-refractivity contribution in [3.63, 3.8) is 0 Å². The summed E-state index contributed by atoms with van der Waals surface area (Å²) in [5.41, 5.74) is 1.17. The highest BCUT2D eigenvalue weighted by molar-refractivity contribution is 5.77. The third kappa shape index (κ3) is 5.75. The third-order valence-corrected chi connectivity index (χ3v) is 3.10. The Morgan fingerprint density at radius 1 is 1.42 bits per heavy atom. The van der Waals surface area contributed by atoms with Gasteiger partial charge >= 0.3 is 0 Å². The molecule has 2 N–H and O–H groups in total. The first kappa shape index (κ1) is 13.9. The fourth-order valence-corrected chi connectivity index (χ4v) is 1.84. The lowest BCUT2D eigenvalue weighted by atomic mass is 10.2. The highest BCUT2D eigenvalue weighted by Gasteiger charge is 2.20. The van der Waals surface area contributed by atoms with E-state index < -0.39 is 0 Å². The van der Waals surface area contributed by atoms with Crippen molar-refractivity contribution in [2.45, 2.75) is 19.8 Å². The molecule has 0 aliphatic heterocycles. The lowest BCUT2D eigenvalue weighted by molar-refractivity contribution is -0.120. The molecule has 0 bridgehead atoms. The predicted octanol–water partition coefficient (Wildman–Crippen LogP) is 1.49. The summed E-state index contributed by atoms with van der Waals surface area (Å²) in [6.45, 7) is 4.43. The maximum atomic E-state index is 11.5. The zero-order valence-electron chi connectivity index (χ0n) is 11.4. The van der Waals surface area contributed by atoms with E-state index in [1.807, 2.05) is 31.2 Å². The molecule has 1 fully saturated rings. The van der Waals surface area contributed by atoms with Crippen LogP contribution in [-0.4, -0.2) is 32.1 Å². The van der Waals surface area contributed by atoms with Crippen molar-refractivity contribution in [2.75, 3.05) is 26.2 Å². The maximum Gasteiger partial charge on any atom is 0.234 e. The average molecular weight is 262 g/mol. The van der Waals surface area contributed by atoms with Crippen LogP contribution in [0.25, 0.3) is 0 Å².